The van der Waals surface area contributed by atoms with Gasteiger partial charge in [-0.25, -0.2) is 4.39 Å². The maximum absolute atomic E-state index is 13.2. The lowest BCUT2D eigenvalue weighted by molar-refractivity contribution is 0.0987. The van der Waals surface area contributed by atoms with Gasteiger partial charge in [0.15, 0.2) is 0 Å². The molecule has 0 radical (unpaired) electrons. The minimum Gasteiger partial charge on any atom is -0.393 e. The van der Waals surface area contributed by atoms with E-state index in [1.807, 2.05) is 18.2 Å². The van der Waals surface area contributed by atoms with Crippen LogP contribution in [0.25, 0.3) is 0 Å². The zero-order valence-electron chi connectivity index (χ0n) is 11.2. The molecular weight excluding hydrogens is 289 g/mol. The second-order valence-corrected chi connectivity index (χ2v) is 4.92. The molecule has 2 N–H and O–H groups in total. The highest BCUT2D eigenvalue weighted by atomic mass is 32.1. The third kappa shape index (κ3) is 4.06. The molecule has 0 saturated heterocycles. The number of pyridine rings is 1. The van der Waals surface area contributed by atoms with E-state index in [1.54, 1.807) is 12.1 Å². The monoisotopic (exact) mass is 303 g/mol. The molecule has 0 fully saturated rings. The summed E-state index contributed by atoms with van der Waals surface area (Å²) in [5.41, 5.74) is 6.38. The predicted octanol–water partition coefficient (Wildman–Crippen LogP) is 2.54. The molecule has 1 amide bonds. The van der Waals surface area contributed by atoms with Gasteiger partial charge < -0.3 is 10.6 Å². The van der Waals surface area contributed by atoms with Crippen LogP contribution in [0.4, 0.5) is 10.1 Å². The topological polar surface area (TPSA) is 59.2 Å². The number of carbonyl (C=O) groups excluding carboxylic acids is 1. The van der Waals surface area contributed by atoms with Crippen molar-refractivity contribution in [1.29, 1.82) is 0 Å². The maximum atomic E-state index is 13.2. The largest absolute Gasteiger partial charge is 0.393 e. The fraction of sp³-hybridized carbons (Fsp3) is 0.133. The predicted molar refractivity (Wildman–Crippen MR) is 83.7 cm³/mol. The molecule has 0 aliphatic carbocycles. The van der Waals surface area contributed by atoms with Gasteiger partial charge in [-0.3, -0.25) is 9.78 Å². The Hall–Kier alpha value is -2.34. The molecule has 1 aromatic heterocycles. The second kappa shape index (κ2) is 6.90. The van der Waals surface area contributed by atoms with Gasteiger partial charge in [0, 0.05) is 24.8 Å². The zero-order chi connectivity index (χ0) is 15.2. The lowest BCUT2D eigenvalue weighted by Gasteiger charge is -2.22. The number of carbonyl (C=O) groups is 1. The highest BCUT2D eigenvalue weighted by molar-refractivity contribution is 7.80. The molecule has 108 valence electrons. The summed E-state index contributed by atoms with van der Waals surface area (Å²) in [4.78, 5) is 18.1. The van der Waals surface area contributed by atoms with Crippen molar-refractivity contribution in [1.82, 2.24) is 4.98 Å². The van der Waals surface area contributed by atoms with Crippen LogP contribution in [0.15, 0.2) is 48.8 Å². The molecule has 0 aliphatic rings. The summed E-state index contributed by atoms with van der Waals surface area (Å²) in [6, 6.07) is 10.2. The maximum Gasteiger partial charge on any atom is 0.259 e. The van der Waals surface area contributed by atoms with E-state index in [9.17, 15) is 9.18 Å². The van der Waals surface area contributed by atoms with Crippen molar-refractivity contribution in [3.8, 4) is 0 Å². The van der Waals surface area contributed by atoms with Crippen LogP contribution in [0, 0.1) is 5.82 Å². The Morgan fingerprint density at radius 3 is 2.62 bits per heavy atom. The first-order valence-corrected chi connectivity index (χ1v) is 6.74. The Morgan fingerprint density at radius 1 is 1.29 bits per heavy atom. The number of nitrogens with two attached hydrogens (primary N) is 1. The number of anilines is 1. The molecule has 0 atom stereocenters. The second-order valence-electron chi connectivity index (χ2n) is 4.40. The van der Waals surface area contributed by atoms with Crippen molar-refractivity contribution in [3.63, 3.8) is 0 Å². The van der Waals surface area contributed by atoms with Crippen LogP contribution in [0.3, 0.4) is 0 Å². The van der Waals surface area contributed by atoms with Gasteiger partial charge in [-0.2, -0.15) is 0 Å². The summed E-state index contributed by atoms with van der Waals surface area (Å²) < 4.78 is 13.2. The third-order valence-electron chi connectivity index (χ3n) is 2.85. The molecule has 1 aromatic carbocycles. The standard InChI is InChI=1S/C15H14FN3OS/c16-12-8-11(9-18-10-12)15(20)19(7-6-14(17)21)13-4-2-1-3-5-13/h1-5,8-10H,6-7H2,(H2,17,21). The van der Waals surface area contributed by atoms with Crippen molar-refractivity contribution in [2.45, 2.75) is 6.42 Å². The summed E-state index contributed by atoms with van der Waals surface area (Å²) in [6.45, 7) is 0.328. The van der Waals surface area contributed by atoms with Crippen LogP contribution >= 0.6 is 12.2 Å². The summed E-state index contributed by atoms with van der Waals surface area (Å²) in [5.74, 6) is -0.896. The van der Waals surface area contributed by atoms with E-state index in [-0.39, 0.29) is 11.5 Å². The average Bonchev–Trinajstić information content (AvgIpc) is 2.48. The smallest absolute Gasteiger partial charge is 0.259 e. The van der Waals surface area contributed by atoms with Gasteiger partial charge in [0.1, 0.15) is 5.82 Å². The fourth-order valence-electron chi connectivity index (χ4n) is 1.86. The molecule has 6 heteroatoms. The Kier molecular flexibility index (Phi) is 4.94. The van der Waals surface area contributed by atoms with Crippen LogP contribution in [-0.4, -0.2) is 22.4 Å². The fourth-order valence-corrected chi connectivity index (χ4v) is 1.95. The molecule has 4 nitrogen and oxygen atoms in total. The van der Waals surface area contributed by atoms with Gasteiger partial charge in [-0.15, -0.1) is 0 Å². The van der Waals surface area contributed by atoms with Crippen molar-refractivity contribution >= 4 is 28.8 Å². The van der Waals surface area contributed by atoms with E-state index in [0.29, 0.717) is 23.6 Å². The number of para-hydroxylation sites is 1. The number of hydrogen-bond donors (Lipinski definition) is 1. The van der Waals surface area contributed by atoms with Gasteiger partial charge in [0.2, 0.25) is 0 Å². The Labute approximate surface area is 127 Å². The van der Waals surface area contributed by atoms with Gasteiger partial charge in [-0.1, -0.05) is 30.4 Å². The first-order chi connectivity index (χ1) is 10.1. The molecule has 0 saturated carbocycles. The highest BCUT2D eigenvalue weighted by Gasteiger charge is 2.18. The Bertz CT molecular complexity index is 648. The molecule has 1 heterocycles. The number of hydrogen-bond acceptors (Lipinski definition) is 3. The summed E-state index contributed by atoms with van der Waals surface area (Å²) >= 11 is 4.86. The van der Waals surface area contributed by atoms with Crippen LogP contribution in [0.2, 0.25) is 0 Å². The molecule has 0 spiro atoms. The van der Waals surface area contributed by atoms with Crippen molar-refractivity contribution in [3.05, 3.63) is 60.2 Å². The zero-order valence-corrected chi connectivity index (χ0v) is 12.0. The first kappa shape index (κ1) is 15.1. The van der Waals surface area contributed by atoms with Gasteiger partial charge in [0.05, 0.1) is 16.7 Å². The number of thiocarbonyl (C=S) groups is 1. The average molecular weight is 303 g/mol. The van der Waals surface area contributed by atoms with E-state index in [4.69, 9.17) is 18.0 Å². The summed E-state index contributed by atoms with van der Waals surface area (Å²) in [7, 11) is 0. The van der Waals surface area contributed by atoms with Crippen molar-refractivity contribution in [2.24, 2.45) is 5.73 Å². The number of amides is 1. The van der Waals surface area contributed by atoms with Gasteiger partial charge >= 0.3 is 0 Å². The summed E-state index contributed by atoms with van der Waals surface area (Å²) in [6.07, 6.45) is 2.78. The minimum absolute atomic E-state index is 0.182. The SMILES string of the molecule is NC(=S)CCN(C(=O)c1cncc(F)c1)c1ccccc1. The normalized spacial score (nSPS) is 10.1. The van der Waals surface area contributed by atoms with E-state index in [1.165, 1.54) is 11.1 Å². The molecule has 21 heavy (non-hydrogen) atoms. The van der Waals surface area contributed by atoms with Gasteiger partial charge in [0.25, 0.3) is 5.91 Å². The molecule has 2 rings (SSSR count). The molecule has 2 aromatic rings. The first-order valence-electron chi connectivity index (χ1n) is 6.33. The number of nitrogens with zero attached hydrogens (tertiary/aromatic N) is 2. The molecule has 0 bridgehead atoms. The number of rotatable bonds is 5. The molecule has 0 unspecified atom stereocenters. The van der Waals surface area contributed by atoms with E-state index >= 15 is 0 Å². The lowest BCUT2D eigenvalue weighted by atomic mass is 10.2. The van der Waals surface area contributed by atoms with Crippen LogP contribution < -0.4 is 10.6 Å². The van der Waals surface area contributed by atoms with E-state index in [0.717, 1.165) is 12.3 Å². The van der Waals surface area contributed by atoms with Crippen LogP contribution in [0.1, 0.15) is 16.8 Å². The summed E-state index contributed by atoms with van der Waals surface area (Å²) in [5, 5.41) is 0. The number of aromatic nitrogens is 1. The Morgan fingerprint density at radius 2 is 2.00 bits per heavy atom. The number of halogens is 1. The van der Waals surface area contributed by atoms with Crippen LogP contribution in [-0.2, 0) is 0 Å². The molecular formula is C15H14FN3OS. The van der Waals surface area contributed by atoms with E-state index in [2.05, 4.69) is 4.98 Å². The van der Waals surface area contributed by atoms with Gasteiger partial charge in [-0.05, 0) is 18.2 Å². The van der Waals surface area contributed by atoms with Crippen molar-refractivity contribution in [2.75, 3.05) is 11.4 Å². The third-order valence-corrected chi connectivity index (χ3v) is 3.05. The minimum atomic E-state index is -0.553. The Balaban J connectivity index is 2.30. The molecule has 0 aliphatic heterocycles. The quantitative estimate of drug-likeness (QED) is 0.862. The van der Waals surface area contributed by atoms with Crippen molar-refractivity contribution < 1.29 is 9.18 Å². The highest BCUT2D eigenvalue weighted by Crippen LogP contribution is 2.17. The van der Waals surface area contributed by atoms with Crippen LogP contribution in [0.5, 0.6) is 0 Å². The lowest BCUT2D eigenvalue weighted by Crippen LogP contribution is -2.33. The van der Waals surface area contributed by atoms with E-state index < -0.39 is 5.82 Å². The number of benzene rings is 1.